The van der Waals surface area contributed by atoms with Gasteiger partial charge in [-0.3, -0.25) is 9.59 Å². The lowest BCUT2D eigenvalue weighted by Crippen LogP contribution is -2.30. The first-order chi connectivity index (χ1) is 12.0. The number of benzene rings is 2. The molecule has 124 valence electrons. The van der Waals surface area contributed by atoms with Crippen molar-refractivity contribution in [3.05, 3.63) is 65.2 Å². The summed E-state index contributed by atoms with van der Waals surface area (Å²) in [6.45, 7) is 4.24. The first-order valence-electron chi connectivity index (χ1n) is 7.77. The molecule has 4 rings (SSSR count). The molecule has 1 aliphatic rings. The van der Waals surface area contributed by atoms with Crippen molar-refractivity contribution in [3.63, 3.8) is 0 Å². The van der Waals surface area contributed by atoms with Gasteiger partial charge in [0.05, 0.1) is 6.54 Å². The van der Waals surface area contributed by atoms with Crippen LogP contribution in [0.5, 0.6) is 0 Å². The number of fused-ring (bicyclic) bond motifs is 3. The molecule has 2 N–H and O–H groups in total. The molecular formula is C19H15N3O2S. The van der Waals surface area contributed by atoms with Crippen LogP contribution in [-0.4, -0.2) is 28.2 Å². The van der Waals surface area contributed by atoms with E-state index in [1.165, 1.54) is 0 Å². The van der Waals surface area contributed by atoms with Crippen molar-refractivity contribution in [2.45, 2.75) is 6.54 Å². The SMILES string of the molecule is C=C(CN1Cc2c(ccc3ccc(-c4nccs4)cc23)C1=O)C(N)=O. The van der Waals surface area contributed by atoms with Gasteiger partial charge in [0.2, 0.25) is 5.91 Å². The average Bonchev–Trinajstić information content (AvgIpc) is 3.24. The minimum Gasteiger partial charge on any atom is -0.366 e. The van der Waals surface area contributed by atoms with E-state index in [1.807, 2.05) is 29.6 Å². The highest BCUT2D eigenvalue weighted by atomic mass is 32.1. The van der Waals surface area contributed by atoms with Crippen LogP contribution < -0.4 is 5.73 Å². The molecule has 2 aromatic carbocycles. The van der Waals surface area contributed by atoms with Crippen molar-refractivity contribution < 1.29 is 9.59 Å². The lowest BCUT2D eigenvalue weighted by molar-refractivity contribution is -0.114. The Bertz CT molecular complexity index is 1020. The fraction of sp³-hybridized carbons (Fsp3) is 0.105. The summed E-state index contributed by atoms with van der Waals surface area (Å²) in [6, 6.07) is 9.95. The Morgan fingerprint density at radius 3 is 2.84 bits per heavy atom. The molecule has 0 bridgehead atoms. The number of carbonyl (C=O) groups is 2. The van der Waals surface area contributed by atoms with Gasteiger partial charge in [0.15, 0.2) is 0 Å². The number of nitrogens with two attached hydrogens (primary N) is 1. The van der Waals surface area contributed by atoms with Crippen molar-refractivity contribution >= 4 is 33.9 Å². The summed E-state index contributed by atoms with van der Waals surface area (Å²) in [5, 5.41) is 4.99. The third-order valence-electron chi connectivity index (χ3n) is 4.41. The number of aromatic nitrogens is 1. The Balaban J connectivity index is 1.77. The topological polar surface area (TPSA) is 76.3 Å². The smallest absolute Gasteiger partial charge is 0.254 e. The molecule has 25 heavy (non-hydrogen) atoms. The van der Waals surface area contributed by atoms with Crippen LogP contribution in [0.3, 0.4) is 0 Å². The number of carbonyl (C=O) groups excluding carboxylic acids is 2. The van der Waals surface area contributed by atoms with Crippen molar-refractivity contribution in [2.75, 3.05) is 6.54 Å². The van der Waals surface area contributed by atoms with Crippen LogP contribution in [0, 0.1) is 0 Å². The van der Waals surface area contributed by atoms with E-state index in [4.69, 9.17) is 5.73 Å². The Morgan fingerprint density at radius 2 is 2.12 bits per heavy atom. The van der Waals surface area contributed by atoms with Crippen molar-refractivity contribution in [1.82, 2.24) is 9.88 Å². The maximum absolute atomic E-state index is 12.6. The van der Waals surface area contributed by atoms with Gasteiger partial charge in [-0.15, -0.1) is 11.3 Å². The maximum atomic E-state index is 12.6. The number of primary amides is 1. The molecule has 2 amide bonds. The number of thiazole rings is 1. The summed E-state index contributed by atoms with van der Waals surface area (Å²) in [4.78, 5) is 29.8. The molecule has 2 heterocycles. The van der Waals surface area contributed by atoms with Crippen LogP contribution in [0.4, 0.5) is 0 Å². The minimum absolute atomic E-state index is 0.0982. The van der Waals surface area contributed by atoms with Crippen LogP contribution in [0.1, 0.15) is 15.9 Å². The van der Waals surface area contributed by atoms with E-state index in [0.717, 1.165) is 26.9 Å². The van der Waals surface area contributed by atoms with E-state index in [-0.39, 0.29) is 18.0 Å². The predicted molar refractivity (Wildman–Crippen MR) is 98.1 cm³/mol. The van der Waals surface area contributed by atoms with Gasteiger partial charge >= 0.3 is 0 Å². The number of hydrogen-bond acceptors (Lipinski definition) is 4. The predicted octanol–water partition coefficient (Wildman–Crippen LogP) is 2.96. The molecule has 0 spiro atoms. The summed E-state index contributed by atoms with van der Waals surface area (Å²) in [5.41, 5.74) is 8.15. The van der Waals surface area contributed by atoms with Gasteiger partial charge in [0.25, 0.3) is 5.91 Å². The summed E-state index contributed by atoms with van der Waals surface area (Å²) < 4.78 is 0. The van der Waals surface area contributed by atoms with E-state index >= 15 is 0 Å². The zero-order valence-corrected chi connectivity index (χ0v) is 14.2. The molecule has 1 aromatic heterocycles. The fourth-order valence-electron chi connectivity index (χ4n) is 3.12. The van der Waals surface area contributed by atoms with Gasteiger partial charge in [0, 0.05) is 34.8 Å². The van der Waals surface area contributed by atoms with Crippen LogP contribution in [0.2, 0.25) is 0 Å². The molecule has 0 aliphatic carbocycles. The van der Waals surface area contributed by atoms with Crippen LogP contribution in [0.15, 0.2) is 54.1 Å². The number of hydrogen-bond donors (Lipinski definition) is 1. The molecule has 6 heteroatoms. The van der Waals surface area contributed by atoms with Crippen LogP contribution in [-0.2, 0) is 11.3 Å². The lowest BCUT2D eigenvalue weighted by atomic mass is 9.99. The van der Waals surface area contributed by atoms with Crippen LogP contribution in [0.25, 0.3) is 21.3 Å². The van der Waals surface area contributed by atoms with Gasteiger partial charge in [-0.25, -0.2) is 4.98 Å². The van der Waals surface area contributed by atoms with Crippen molar-refractivity contribution in [2.24, 2.45) is 5.73 Å². The largest absolute Gasteiger partial charge is 0.366 e. The van der Waals surface area contributed by atoms with E-state index in [1.54, 1.807) is 22.4 Å². The second kappa shape index (κ2) is 5.82. The number of rotatable bonds is 4. The third kappa shape index (κ3) is 2.60. The molecule has 0 fully saturated rings. The first kappa shape index (κ1) is 15.5. The molecule has 0 radical (unpaired) electrons. The zero-order chi connectivity index (χ0) is 17.6. The molecule has 0 saturated heterocycles. The summed E-state index contributed by atoms with van der Waals surface area (Å²) in [5.74, 6) is -0.682. The maximum Gasteiger partial charge on any atom is 0.254 e. The van der Waals surface area contributed by atoms with E-state index in [9.17, 15) is 9.59 Å². The Labute approximate surface area is 148 Å². The van der Waals surface area contributed by atoms with E-state index in [0.29, 0.717) is 12.1 Å². The average molecular weight is 349 g/mol. The van der Waals surface area contributed by atoms with Crippen LogP contribution >= 0.6 is 11.3 Å². The quantitative estimate of drug-likeness (QED) is 0.736. The summed E-state index contributed by atoms with van der Waals surface area (Å²) >= 11 is 1.58. The second-order valence-electron chi connectivity index (χ2n) is 5.99. The standard InChI is InChI=1S/C19H15N3O2S/c1-11(17(20)23)9-22-10-16-14(19(22)24)5-4-12-2-3-13(8-15(12)16)18-21-6-7-25-18/h2-8H,1,9-10H2,(H2,20,23). The number of amides is 2. The highest BCUT2D eigenvalue weighted by Crippen LogP contribution is 2.33. The molecule has 0 atom stereocenters. The van der Waals surface area contributed by atoms with Crippen molar-refractivity contribution in [3.8, 4) is 10.6 Å². The van der Waals surface area contributed by atoms with Gasteiger partial charge in [-0.2, -0.15) is 0 Å². The van der Waals surface area contributed by atoms with Gasteiger partial charge < -0.3 is 10.6 Å². The highest BCUT2D eigenvalue weighted by Gasteiger charge is 2.29. The Kier molecular flexibility index (Phi) is 3.62. The molecule has 1 aliphatic heterocycles. The summed E-state index contributed by atoms with van der Waals surface area (Å²) in [7, 11) is 0. The first-order valence-corrected chi connectivity index (χ1v) is 8.65. The second-order valence-corrected chi connectivity index (χ2v) is 6.89. The van der Waals surface area contributed by atoms with E-state index in [2.05, 4.69) is 17.6 Å². The molecule has 0 saturated carbocycles. The number of nitrogens with zero attached hydrogens (tertiary/aromatic N) is 2. The highest BCUT2D eigenvalue weighted by molar-refractivity contribution is 7.13. The Morgan fingerprint density at radius 1 is 1.32 bits per heavy atom. The fourth-order valence-corrected chi connectivity index (χ4v) is 3.76. The Hall–Kier alpha value is -2.99. The van der Waals surface area contributed by atoms with Gasteiger partial charge in [-0.1, -0.05) is 24.8 Å². The van der Waals surface area contributed by atoms with E-state index < -0.39 is 5.91 Å². The zero-order valence-electron chi connectivity index (χ0n) is 13.4. The van der Waals surface area contributed by atoms with Crippen molar-refractivity contribution in [1.29, 1.82) is 0 Å². The molecule has 5 nitrogen and oxygen atoms in total. The lowest BCUT2D eigenvalue weighted by Gasteiger charge is -2.15. The molecule has 0 unspecified atom stereocenters. The monoisotopic (exact) mass is 349 g/mol. The van der Waals surface area contributed by atoms with Gasteiger partial charge in [0.1, 0.15) is 5.01 Å². The van der Waals surface area contributed by atoms with Gasteiger partial charge in [-0.05, 0) is 28.5 Å². The third-order valence-corrected chi connectivity index (χ3v) is 5.23. The normalized spacial score (nSPS) is 13.3. The summed E-state index contributed by atoms with van der Waals surface area (Å²) in [6.07, 6.45) is 1.78. The molecular weight excluding hydrogens is 334 g/mol. The minimum atomic E-state index is -0.584. The molecule has 3 aromatic rings.